The molecule has 0 amide bonds. The smallest absolute Gasteiger partial charge is 0.195 e. The second kappa shape index (κ2) is 7.07. The lowest BCUT2D eigenvalue weighted by Crippen LogP contribution is -2.20. The first-order valence-corrected chi connectivity index (χ1v) is 9.31. The van der Waals surface area contributed by atoms with E-state index in [0.717, 1.165) is 33.1 Å². The average molecular weight is 333 g/mol. The number of benzene rings is 2. The Labute approximate surface area is 144 Å². The van der Waals surface area contributed by atoms with Crippen molar-refractivity contribution in [2.45, 2.75) is 20.8 Å². The van der Waals surface area contributed by atoms with Crippen LogP contribution in [0.15, 0.2) is 66.7 Å². The number of nitrogens with zero attached hydrogens (tertiary/aromatic N) is 1. The van der Waals surface area contributed by atoms with Gasteiger partial charge in [-0.25, -0.2) is 0 Å². The molecule has 0 saturated heterocycles. The maximum atomic E-state index is 13.5. The highest BCUT2D eigenvalue weighted by atomic mass is 31.1. The molecule has 3 rings (SSSR count). The standard InChI is InChI=1S/C21H20NOP/c1-15-14-16(2)22-17(3)20(15)21(23)24(18-10-6-4-7-11-18)19-12-8-5-9-13-19/h4-14H,1-3H3. The van der Waals surface area contributed by atoms with E-state index in [4.69, 9.17) is 0 Å². The van der Waals surface area contributed by atoms with E-state index in [9.17, 15) is 4.79 Å². The number of aromatic nitrogens is 1. The lowest BCUT2D eigenvalue weighted by atomic mass is 10.1. The topological polar surface area (TPSA) is 30.0 Å². The van der Waals surface area contributed by atoms with Crippen molar-refractivity contribution in [2.75, 3.05) is 0 Å². The van der Waals surface area contributed by atoms with Gasteiger partial charge >= 0.3 is 0 Å². The molecule has 0 radical (unpaired) electrons. The minimum Gasteiger partial charge on any atom is -0.288 e. The average Bonchev–Trinajstić information content (AvgIpc) is 2.56. The van der Waals surface area contributed by atoms with Gasteiger partial charge in [-0.1, -0.05) is 60.7 Å². The summed E-state index contributed by atoms with van der Waals surface area (Å²) in [6.45, 7) is 5.89. The molecule has 120 valence electrons. The van der Waals surface area contributed by atoms with E-state index in [1.54, 1.807) is 0 Å². The van der Waals surface area contributed by atoms with Crippen LogP contribution in [0.5, 0.6) is 0 Å². The van der Waals surface area contributed by atoms with Crippen molar-refractivity contribution < 1.29 is 4.79 Å². The minimum absolute atomic E-state index is 0.171. The first-order chi connectivity index (χ1) is 11.6. The maximum Gasteiger partial charge on any atom is 0.195 e. The molecular weight excluding hydrogens is 313 g/mol. The molecule has 0 aliphatic rings. The zero-order valence-electron chi connectivity index (χ0n) is 14.2. The van der Waals surface area contributed by atoms with Crippen LogP contribution in [-0.2, 0) is 0 Å². The largest absolute Gasteiger partial charge is 0.288 e. The van der Waals surface area contributed by atoms with Crippen molar-refractivity contribution in [1.29, 1.82) is 0 Å². The normalized spacial score (nSPS) is 10.8. The number of pyridine rings is 1. The molecule has 2 nitrogen and oxygen atoms in total. The summed E-state index contributed by atoms with van der Waals surface area (Å²) in [7, 11) is -1.11. The molecule has 3 heteroatoms. The highest BCUT2D eigenvalue weighted by Crippen LogP contribution is 2.39. The molecule has 0 atom stereocenters. The number of hydrogen-bond acceptors (Lipinski definition) is 2. The van der Waals surface area contributed by atoms with Gasteiger partial charge in [0.15, 0.2) is 5.52 Å². The van der Waals surface area contributed by atoms with Gasteiger partial charge in [0.05, 0.1) is 0 Å². The summed E-state index contributed by atoms with van der Waals surface area (Å²) in [6.07, 6.45) is 0. The second-order valence-corrected chi connectivity index (χ2v) is 7.96. The Morgan fingerprint density at radius 2 is 1.33 bits per heavy atom. The first kappa shape index (κ1) is 16.5. The van der Waals surface area contributed by atoms with Crippen LogP contribution in [0.1, 0.15) is 27.3 Å². The summed E-state index contributed by atoms with van der Waals surface area (Å²) in [5, 5.41) is 2.14. The second-order valence-electron chi connectivity index (χ2n) is 5.85. The number of hydrogen-bond donors (Lipinski definition) is 0. The fourth-order valence-corrected chi connectivity index (χ4v) is 5.27. The Morgan fingerprint density at radius 3 is 1.79 bits per heavy atom. The molecule has 0 aliphatic heterocycles. The molecule has 1 heterocycles. The summed E-state index contributed by atoms with van der Waals surface area (Å²) >= 11 is 0. The Bertz CT molecular complexity index is 797. The summed E-state index contributed by atoms with van der Waals surface area (Å²) in [5.74, 6) is 0. The molecule has 0 spiro atoms. The van der Waals surface area contributed by atoms with Gasteiger partial charge in [0.25, 0.3) is 0 Å². The summed E-state index contributed by atoms with van der Waals surface area (Å²) in [6, 6.07) is 22.1. The predicted molar refractivity (Wildman–Crippen MR) is 102 cm³/mol. The van der Waals surface area contributed by atoms with E-state index in [-0.39, 0.29) is 5.52 Å². The molecule has 0 N–H and O–H groups in total. The SMILES string of the molecule is Cc1cc(C)c(C(=O)P(c2ccccc2)c2ccccc2)c(C)n1. The van der Waals surface area contributed by atoms with Crippen molar-refractivity contribution in [1.82, 2.24) is 4.98 Å². The molecule has 24 heavy (non-hydrogen) atoms. The van der Waals surface area contributed by atoms with Crippen LogP contribution >= 0.6 is 7.92 Å². The van der Waals surface area contributed by atoms with E-state index in [2.05, 4.69) is 4.98 Å². The lowest BCUT2D eigenvalue weighted by Gasteiger charge is -2.19. The zero-order chi connectivity index (χ0) is 17.1. The van der Waals surface area contributed by atoms with E-state index >= 15 is 0 Å². The third-order valence-corrected chi connectivity index (χ3v) is 6.23. The fourth-order valence-electron chi connectivity index (χ4n) is 3.00. The Hall–Kier alpha value is -2.31. The number of carbonyl (C=O) groups excluding carboxylic acids is 1. The van der Waals surface area contributed by atoms with Gasteiger partial charge in [-0.15, -0.1) is 0 Å². The summed E-state index contributed by atoms with van der Waals surface area (Å²) in [5.41, 5.74) is 3.70. The maximum absolute atomic E-state index is 13.5. The third kappa shape index (κ3) is 3.29. The van der Waals surface area contributed by atoms with Crippen molar-refractivity contribution >= 4 is 24.1 Å². The van der Waals surface area contributed by atoms with Crippen LogP contribution in [0.2, 0.25) is 0 Å². The predicted octanol–water partition coefficient (Wildman–Crippen LogP) is 4.28. The molecule has 0 fully saturated rings. The lowest BCUT2D eigenvalue weighted by molar-refractivity contribution is 0.108. The van der Waals surface area contributed by atoms with E-state index in [0.29, 0.717) is 0 Å². The summed E-state index contributed by atoms with van der Waals surface area (Å²) in [4.78, 5) is 18.0. The van der Waals surface area contributed by atoms with Crippen LogP contribution < -0.4 is 10.6 Å². The molecule has 0 unspecified atom stereocenters. The number of aryl methyl sites for hydroxylation is 3. The summed E-state index contributed by atoms with van der Waals surface area (Å²) < 4.78 is 0. The van der Waals surface area contributed by atoms with E-state index in [1.807, 2.05) is 87.5 Å². The minimum atomic E-state index is -1.11. The Kier molecular flexibility index (Phi) is 4.87. The molecule has 3 aromatic rings. The molecule has 0 bridgehead atoms. The van der Waals surface area contributed by atoms with Gasteiger partial charge in [-0.3, -0.25) is 9.78 Å². The van der Waals surface area contributed by atoms with Crippen molar-refractivity contribution in [3.63, 3.8) is 0 Å². The first-order valence-electron chi connectivity index (χ1n) is 7.97. The molecule has 0 aliphatic carbocycles. The monoisotopic (exact) mass is 333 g/mol. The number of carbonyl (C=O) groups is 1. The third-order valence-electron chi connectivity index (χ3n) is 3.97. The Morgan fingerprint density at radius 1 is 0.833 bits per heavy atom. The van der Waals surface area contributed by atoms with Crippen LogP contribution in [0, 0.1) is 20.8 Å². The molecule has 2 aromatic carbocycles. The van der Waals surface area contributed by atoms with Gasteiger partial charge < -0.3 is 0 Å². The van der Waals surface area contributed by atoms with Crippen molar-refractivity contribution in [2.24, 2.45) is 0 Å². The van der Waals surface area contributed by atoms with Crippen molar-refractivity contribution in [3.8, 4) is 0 Å². The Balaban J connectivity index is 2.15. The van der Waals surface area contributed by atoms with Crippen LogP contribution in [0.3, 0.4) is 0 Å². The highest BCUT2D eigenvalue weighted by Gasteiger charge is 2.26. The molecule has 0 saturated carbocycles. The van der Waals surface area contributed by atoms with Gasteiger partial charge in [-0.05, 0) is 43.0 Å². The van der Waals surface area contributed by atoms with Crippen LogP contribution in [0.4, 0.5) is 0 Å². The quantitative estimate of drug-likeness (QED) is 0.667. The van der Waals surface area contributed by atoms with Gasteiger partial charge in [-0.2, -0.15) is 0 Å². The van der Waals surface area contributed by atoms with Crippen molar-refractivity contribution in [3.05, 3.63) is 89.2 Å². The zero-order valence-corrected chi connectivity index (χ0v) is 15.0. The van der Waals surface area contributed by atoms with Crippen LogP contribution in [0.25, 0.3) is 0 Å². The van der Waals surface area contributed by atoms with Gasteiger partial charge in [0.2, 0.25) is 0 Å². The fraction of sp³-hybridized carbons (Fsp3) is 0.143. The molecular formula is C21H20NOP. The van der Waals surface area contributed by atoms with Gasteiger partial charge in [0, 0.05) is 24.9 Å². The highest BCUT2D eigenvalue weighted by molar-refractivity contribution is 7.88. The van der Waals surface area contributed by atoms with Crippen LogP contribution in [-0.4, -0.2) is 10.5 Å². The van der Waals surface area contributed by atoms with E-state index in [1.165, 1.54) is 0 Å². The van der Waals surface area contributed by atoms with Gasteiger partial charge in [0.1, 0.15) is 0 Å². The number of rotatable bonds is 4. The molecule has 1 aromatic heterocycles. The van der Waals surface area contributed by atoms with E-state index < -0.39 is 7.92 Å².